The molecule has 1 saturated carbocycles. The average Bonchev–Trinajstić information content (AvgIpc) is 2.93. The van der Waals surface area contributed by atoms with E-state index in [1.807, 2.05) is 0 Å². The van der Waals surface area contributed by atoms with Gasteiger partial charge in [0.05, 0.1) is 11.8 Å². The van der Waals surface area contributed by atoms with Crippen LogP contribution in [0.25, 0.3) is 0 Å². The van der Waals surface area contributed by atoms with E-state index in [1.165, 1.54) is 27.7 Å². The van der Waals surface area contributed by atoms with E-state index in [0.717, 1.165) is 5.57 Å². The van der Waals surface area contributed by atoms with Crippen LogP contribution in [0, 0.1) is 17.8 Å². The normalized spacial score (nSPS) is 40.1. The third-order valence-corrected chi connectivity index (χ3v) is 6.36. The van der Waals surface area contributed by atoms with Crippen molar-refractivity contribution >= 4 is 23.9 Å². The number of hydrogen-bond acceptors (Lipinski definition) is 9. The number of hydrogen-bond donors (Lipinski definition) is 1. The molecule has 1 aliphatic heterocycles. The SMILES string of the molecule is CC(=O)O[C@@H]1CC(C)=C2C([C@H]3OC(=O)[C@H](C)[C@@H]31)[C@](C)(O)[C@@H](OC(C)=O)[C@H]2OC(C)=O. The molecule has 0 radical (unpaired) electrons. The van der Waals surface area contributed by atoms with Gasteiger partial charge in [-0.1, -0.05) is 12.5 Å². The number of fused-ring (bicyclic) bond motifs is 3. The molecule has 1 N–H and O–H groups in total. The van der Waals surface area contributed by atoms with Gasteiger partial charge in [-0.25, -0.2) is 0 Å². The van der Waals surface area contributed by atoms with Crippen molar-refractivity contribution in [2.45, 2.75) is 78.0 Å². The lowest BCUT2D eigenvalue weighted by Crippen LogP contribution is -2.51. The number of esters is 4. The van der Waals surface area contributed by atoms with Crippen LogP contribution in [0.1, 0.15) is 48.0 Å². The van der Waals surface area contributed by atoms with Gasteiger partial charge < -0.3 is 24.1 Å². The van der Waals surface area contributed by atoms with E-state index in [4.69, 9.17) is 18.9 Å². The third kappa shape index (κ3) is 3.59. The highest BCUT2D eigenvalue weighted by atomic mass is 16.6. The van der Waals surface area contributed by atoms with Crippen LogP contribution in [0.2, 0.25) is 0 Å². The molecule has 0 amide bonds. The lowest BCUT2D eigenvalue weighted by Gasteiger charge is -2.36. The van der Waals surface area contributed by atoms with Crippen molar-refractivity contribution in [1.29, 1.82) is 0 Å². The van der Waals surface area contributed by atoms with E-state index in [2.05, 4.69) is 0 Å². The highest BCUT2D eigenvalue weighted by Gasteiger charge is 2.66. The largest absolute Gasteiger partial charge is 0.462 e. The summed E-state index contributed by atoms with van der Waals surface area (Å²) in [5.41, 5.74) is -0.432. The van der Waals surface area contributed by atoms with Gasteiger partial charge in [-0.2, -0.15) is 0 Å². The minimum Gasteiger partial charge on any atom is -0.462 e. The molecule has 30 heavy (non-hydrogen) atoms. The summed E-state index contributed by atoms with van der Waals surface area (Å²) in [7, 11) is 0. The number of ether oxygens (including phenoxy) is 4. The molecule has 0 aromatic rings. The molecule has 1 unspecified atom stereocenters. The van der Waals surface area contributed by atoms with Crippen LogP contribution in [0.3, 0.4) is 0 Å². The second kappa shape index (κ2) is 7.68. The predicted octanol–water partition coefficient (Wildman–Crippen LogP) is 1.06. The van der Waals surface area contributed by atoms with Crippen LogP contribution >= 0.6 is 0 Å². The van der Waals surface area contributed by atoms with Gasteiger partial charge in [0.25, 0.3) is 0 Å². The summed E-state index contributed by atoms with van der Waals surface area (Å²) < 4.78 is 22.1. The molecule has 9 heteroatoms. The lowest BCUT2D eigenvalue weighted by atomic mass is 9.76. The molecule has 3 aliphatic rings. The number of carbonyl (C=O) groups excluding carboxylic acids is 4. The van der Waals surface area contributed by atoms with Gasteiger partial charge in [-0.15, -0.1) is 0 Å². The summed E-state index contributed by atoms with van der Waals surface area (Å²) in [5, 5.41) is 11.5. The Bertz CT molecular complexity index is 811. The molecule has 0 bridgehead atoms. The maximum Gasteiger partial charge on any atom is 0.309 e. The van der Waals surface area contributed by atoms with Crippen LogP contribution in [-0.2, 0) is 38.1 Å². The van der Waals surface area contributed by atoms with E-state index >= 15 is 0 Å². The van der Waals surface area contributed by atoms with Crippen LogP contribution in [0.15, 0.2) is 11.1 Å². The van der Waals surface area contributed by atoms with Crippen molar-refractivity contribution in [3.05, 3.63) is 11.1 Å². The lowest BCUT2D eigenvalue weighted by molar-refractivity contribution is -0.181. The van der Waals surface area contributed by atoms with Gasteiger partial charge in [-0.05, 0) is 19.4 Å². The van der Waals surface area contributed by atoms with E-state index < -0.39 is 71.6 Å². The highest BCUT2D eigenvalue weighted by Crippen LogP contribution is 2.54. The number of carbonyl (C=O) groups is 4. The van der Waals surface area contributed by atoms with Crippen molar-refractivity contribution in [2.24, 2.45) is 17.8 Å². The molecule has 2 aliphatic carbocycles. The van der Waals surface area contributed by atoms with E-state index in [0.29, 0.717) is 5.57 Å². The molecule has 8 atom stereocenters. The first kappa shape index (κ1) is 22.3. The van der Waals surface area contributed by atoms with E-state index in [9.17, 15) is 24.3 Å². The fourth-order valence-corrected chi connectivity index (χ4v) is 5.29. The van der Waals surface area contributed by atoms with Crippen molar-refractivity contribution in [3.8, 4) is 0 Å². The van der Waals surface area contributed by atoms with Crippen LogP contribution in [0.4, 0.5) is 0 Å². The summed E-state index contributed by atoms with van der Waals surface area (Å²) in [6, 6.07) is 0. The van der Waals surface area contributed by atoms with Gasteiger partial charge in [0.1, 0.15) is 17.8 Å². The molecular weight excluding hydrogens is 396 g/mol. The third-order valence-electron chi connectivity index (χ3n) is 6.36. The molecule has 166 valence electrons. The van der Waals surface area contributed by atoms with Gasteiger partial charge in [0.15, 0.2) is 12.2 Å². The zero-order valence-electron chi connectivity index (χ0n) is 18.0. The quantitative estimate of drug-likeness (QED) is 0.402. The maximum atomic E-state index is 12.5. The molecule has 1 saturated heterocycles. The van der Waals surface area contributed by atoms with Gasteiger partial charge >= 0.3 is 23.9 Å². The Kier molecular flexibility index (Phi) is 5.70. The highest BCUT2D eigenvalue weighted by molar-refractivity contribution is 5.76. The van der Waals surface area contributed by atoms with Gasteiger partial charge in [0.2, 0.25) is 0 Å². The monoisotopic (exact) mass is 424 g/mol. The summed E-state index contributed by atoms with van der Waals surface area (Å²) in [6.45, 7) is 8.67. The zero-order chi connectivity index (χ0) is 22.5. The average molecular weight is 424 g/mol. The van der Waals surface area contributed by atoms with Crippen LogP contribution < -0.4 is 0 Å². The zero-order valence-corrected chi connectivity index (χ0v) is 18.0. The summed E-state index contributed by atoms with van der Waals surface area (Å²) in [4.78, 5) is 47.8. The minimum atomic E-state index is -1.69. The Morgan fingerprint density at radius 2 is 1.63 bits per heavy atom. The molecule has 0 aromatic carbocycles. The number of rotatable bonds is 3. The molecule has 3 rings (SSSR count). The van der Waals surface area contributed by atoms with Gasteiger partial charge in [0, 0.05) is 33.1 Å². The molecule has 2 fully saturated rings. The molecule has 0 spiro atoms. The molecule has 0 aromatic heterocycles. The van der Waals surface area contributed by atoms with Crippen molar-refractivity contribution in [2.75, 3.05) is 0 Å². The van der Waals surface area contributed by atoms with Crippen LogP contribution in [0.5, 0.6) is 0 Å². The Morgan fingerprint density at radius 3 is 2.17 bits per heavy atom. The summed E-state index contributed by atoms with van der Waals surface area (Å²) in [6.07, 6.45) is -3.42. The maximum absolute atomic E-state index is 12.5. The van der Waals surface area contributed by atoms with Crippen molar-refractivity contribution < 1.29 is 43.2 Å². The Morgan fingerprint density at radius 1 is 1.07 bits per heavy atom. The molecule has 1 heterocycles. The van der Waals surface area contributed by atoms with Crippen molar-refractivity contribution in [1.82, 2.24) is 0 Å². The first-order valence-electron chi connectivity index (χ1n) is 10.00. The first-order chi connectivity index (χ1) is 13.9. The topological polar surface area (TPSA) is 125 Å². The summed E-state index contributed by atoms with van der Waals surface area (Å²) in [5.74, 6) is -4.08. The van der Waals surface area contributed by atoms with E-state index in [-0.39, 0.29) is 6.42 Å². The Balaban J connectivity index is 2.17. The number of aliphatic hydroxyl groups is 1. The fourth-order valence-electron chi connectivity index (χ4n) is 5.29. The fraction of sp³-hybridized carbons (Fsp3) is 0.714. The standard InChI is InChI=1S/C21H28O9/c1-8-7-13(27-10(3)22)15-9(2)20(25)30-17(15)16-14(8)18(28-11(4)23)19(21(16,6)26)29-12(5)24/h9,13,15-19,26H,7H2,1-6H3/t9-,13-,15-,16?,17+,18+,19+,21+/m1/s1. The smallest absolute Gasteiger partial charge is 0.309 e. The summed E-state index contributed by atoms with van der Waals surface area (Å²) >= 11 is 0. The second-order valence-electron chi connectivity index (χ2n) is 8.62. The predicted molar refractivity (Wildman–Crippen MR) is 101 cm³/mol. The second-order valence-corrected chi connectivity index (χ2v) is 8.62. The Labute approximate surface area is 174 Å². The first-order valence-corrected chi connectivity index (χ1v) is 10.00. The Hall–Kier alpha value is -2.42. The van der Waals surface area contributed by atoms with Crippen LogP contribution in [-0.4, -0.2) is 59.0 Å². The minimum absolute atomic E-state index is 0.272. The van der Waals surface area contributed by atoms with E-state index in [1.54, 1.807) is 13.8 Å². The molecular formula is C21H28O9. The van der Waals surface area contributed by atoms with Crippen molar-refractivity contribution in [3.63, 3.8) is 0 Å². The molecule has 9 nitrogen and oxygen atoms in total. The van der Waals surface area contributed by atoms with Gasteiger partial charge in [-0.3, -0.25) is 19.2 Å².